The van der Waals surface area contributed by atoms with Gasteiger partial charge in [0.1, 0.15) is 18.5 Å². The number of benzene rings is 1. The molecule has 0 aliphatic rings. The highest BCUT2D eigenvalue weighted by atomic mass is 16.5. The van der Waals surface area contributed by atoms with Crippen LogP contribution < -0.4 is 4.74 Å². The van der Waals surface area contributed by atoms with Gasteiger partial charge in [0, 0.05) is 5.56 Å². The minimum Gasteiger partial charge on any atom is -0.489 e. The summed E-state index contributed by atoms with van der Waals surface area (Å²) in [4.78, 5) is 0. The zero-order chi connectivity index (χ0) is 10.4. The molecule has 0 heterocycles. The van der Waals surface area contributed by atoms with Crippen LogP contribution in [0.15, 0.2) is 49.6 Å². The molecule has 2 nitrogen and oxygen atoms in total. The van der Waals surface area contributed by atoms with Crippen molar-refractivity contribution < 1.29 is 9.84 Å². The van der Waals surface area contributed by atoms with E-state index in [0.717, 1.165) is 5.56 Å². The first-order valence-electron chi connectivity index (χ1n) is 4.43. The van der Waals surface area contributed by atoms with Crippen molar-refractivity contribution in [2.75, 3.05) is 6.61 Å². The SMILES string of the molecule is C=CCOc1ccccc1C(O)C=C. The van der Waals surface area contributed by atoms with E-state index in [1.54, 1.807) is 6.08 Å². The third-order valence-corrected chi connectivity index (χ3v) is 1.82. The van der Waals surface area contributed by atoms with Gasteiger partial charge in [-0.05, 0) is 6.07 Å². The molecule has 74 valence electrons. The lowest BCUT2D eigenvalue weighted by Crippen LogP contribution is -2.00. The molecule has 0 radical (unpaired) electrons. The molecular weight excluding hydrogens is 176 g/mol. The molecule has 1 rings (SSSR count). The quantitative estimate of drug-likeness (QED) is 0.723. The summed E-state index contributed by atoms with van der Waals surface area (Å²) in [7, 11) is 0. The molecular formula is C12H14O2. The van der Waals surface area contributed by atoms with Gasteiger partial charge in [-0.3, -0.25) is 0 Å². The average molecular weight is 190 g/mol. The predicted octanol–water partition coefficient (Wildman–Crippen LogP) is 2.47. The number of para-hydroxylation sites is 1. The fraction of sp³-hybridized carbons (Fsp3) is 0.167. The smallest absolute Gasteiger partial charge is 0.125 e. The van der Waals surface area contributed by atoms with E-state index in [-0.39, 0.29) is 0 Å². The summed E-state index contributed by atoms with van der Waals surface area (Å²) in [6, 6.07) is 7.33. The minimum atomic E-state index is -0.684. The summed E-state index contributed by atoms with van der Waals surface area (Å²) < 4.78 is 5.38. The maximum atomic E-state index is 9.59. The van der Waals surface area contributed by atoms with Crippen LogP contribution in [0.1, 0.15) is 11.7 Å². The second-order valence-electron chi connectivity index (χ2n) is 2.82. The molecule has 1 N–H and O–H groups in total. The molecule has 0 aliphatic heterocycles. The fourth-order valence-corrected chi connectivity index (χ4v) is 1.13. The van der Waals surface area contributed by atoms with Crippen molar-refractivity contribution in [3.05, 3.63) is 55.1 Å². The molecule has 0 saturated heterocycles. The summed E-state index contributed by atoms with van der Waals surface area (Å²) in [5.41, 5.74) is 0.726. The molecule has 0 aromatic heterocycles. The maximum absolute atomic E-state index is 9.59. The Morgan fingerprint density at radius 3 is 2.71 bits per heavy atom. The number of aliphatic hydroxyl groups is 1. The van der Waals surface area contributed by atoms with E-state index in [9.17, 15) is 5.11 Å². The van der Waals surface area contributed by atoms with Crippen molar-refractivity contribution in [3.8, 4) is 5.75 Å². The lowest BCUT2D eigenvalue weighted by Gasteiger charge is -2.12. The van der Waals surface area contributed by atoms with Gasteiger partial charge in [0.2, 0.25) is 0 Å². The van der Waals surface area contributed by atoms with Crippen LogP contribution in [-0.2, 0) is 0 Å². The Kier molecular flexibility index (Phi) is 3.95. The predicted molar refractivity (Wildman–Crippen MR) is 57.3 cm³/mol. The van der Waals surface area contributed by atoms with E-state index in [1.165, 1.54) is 6.08 Å². The average Bonchev–Trinajstić information content (AvgIpc) is 2.25. The van der Waals surface area contributed by atoms with Crippen LogP contribution in [0.4, 0.5) is 0 Å². The normalized spacial score (nSPS) is 11.8. The Hall–Kier alpha value is -1.54. The van der Waals surface area contributed by atoms with Gasteiger partial charge in [-0.15, -0.1) is 6.58 Å². The highest BCUT2D eigenvalue weighted by Crippen LogP contribution is 2.25. The molecule has 0 saturated carbocycles. The monoisotopic (exact) mass is 190 g/mol. The molecule has 1 unspecified atom stereocenters. The van der Waals surface area contributed by atoms with Crippen LogP contribution in [0.3, 0.4) is 0 Å². The first-order valence-corrected chi connectivity index (χ1v) is 4.43. The van der Waals surface area contributed by atoms with E-state index in [4.69, 9.17) is 4.74 Å². The van der Waals surface area contributed by atoms with Crippen LogP contribution in [0.2, 0.25) is 0 Å². The van der Waals surface area contributed by atoms with Crippen LogP contribution in [-0.4, -0.2) is 11.7 Å². The van der Waals surface area contributed by atoms with Crippen molar-refractivity contribution in [3.63, 3.8) is 0 Å². The van der Waals surface area contributed by atoms with E-state index in [2.05, 4.69) is 13.2 Å². The van der Waals surface area contributed by atoms with Crippen LogP contribution in [0, 0.1) is 0 Å². The van der Waals surface area contributed by atoms with E-state index in [1.807, 2.05) is 24.3 Å². The number of hydrogen-bond acceptors (Lipinski definition) is 2. The Morgan fingerprint density at radius 1 is 1.36 bits per heavy atom. The second kappa shape index (κ2) is 5.25. The molecule has 0 amide bonds. The Morgan fingerprint density at radius 2 is 2.07 bits per heavy atom. The van der Waals surface area contributed by atoms with Gasteiger partial charge in [-0.2, -0.15) is 0 Å². The molecule has 2 heteroatoms. The Bertz CT molecular complexity index is 318. The topological polar surface area (TPSA) is 29.5 Å². The Balaban J connectivity index is 2.90. The highest BCUT2D eigenvalue weighted by molar-refractivity contribution is 5.36. The van der Waals surface area contributed by atoms with Crippen LogP contribution in [0.5, 0.6) is 5.75 Å². The summed E-state index contributed by atoms with van der Waals surface area (Å²) in [5, 5.41) is 9.59. The molecule has 1 aromatic carbocycles. The van der Waals surface area contributed by atoms with Crippen molar-refractivity contribution in [1.82, 2.24) is 0 Å². The number of hydrogen-bond donors (Lipinski definition) is 1. The lowest BCUT2D eigenvalue weighted by atomic mass is 10.1. The highest BCUT2D eigenvalue weighted by Gasteiger charge is 2.08. The summed E-state index contributed by atoms with van der Waals surface area (Å²) in [6.45, 7) is 7.53. The zero-order valence-corrected chi connectivity index (χ0v) is 8.02. The van der Waals surface area contributed by atoms with Crippen molar-refractivity contribution in [2.45, 2.75) is 6.10 Å². The number of aliphatic hydroxyl groups excluding tert-OH is 1. The molecule has 1 atom stereocenters. The standard InChI is InChI=1S/C12H14O2/c1-3-9-14-12-8-6-5-7-10(12)11(13)4-2/h3-8,11,13H,1-2,9H2. The van der Waals surface area contributed by atoms with Crippen LogP contribution >= 0.6 is 0 Å². The van der Waals surface area contributed by atoms with E-state index >= 15 is 0 Å². The first kappa shape index (κ1) is 10.5. The zero-order valence-electron chi connectivity index (χ0n) is 8.02. The van der Waals surface area contributed by atoms with Gasteiger partial charge in [0.25, 0.3) is 0 Å². The van der Waals surface area contributed by atoms with Crippen molar-refractivity contribution in [1.29, 1.82) is 0 Å². The third kappa shape index (κ3) is 2.47. The molecule has 0 aliphatic carbocycles. The second-order valence-corrected chi connectivity index (χ2v) is 2.82. The van der Waals surface area contributed by atoms with Gasteiger partial charge in [0.15, 0.2) is 0 Å². The van der Waals surface area contributed by atoms with Crippen molar-refractivity contribution in [2.24, 2.45) is 0 Å². The third-order valence-electron chi connectivity index (χ3n) is 1.82. The molecule has 1 aromatic rings. The van der Waals surface area contributed by atoms with E-state index in [0.29, 0.717) is 12.4 Å². The van der Waals surface area contributed by atoms with Gasteiger partial charge < -0.3 is 9.84 Å². The first-order chi connectivity index (χ1) is 6.79. The Labute approximate surface area is 84.1 Å². The summed E-state index contributed by atoms with van der Waals surface area (Å²) in [6.07, 6.45) is 2.45. The number of rotatable bonds is 5. The molecule has 14 heavy (non-hydrogen) atoms. The summed E-state index contributed by atoms with van der Waals surface area (Å²) in [5.74, 6) is 0.666. The lowest BCUT2D eigenvalue weighted by molar-refractivity contribution is 0.221. The van der Waals surface area contributed by atoms with Gasteiger partial charge in [-0.1, -0.05) is 36.9 Å². The van der Waals surface area contributed by atoms with E-state index < -0.39 is 6.10 Å². The van der Waals surface area contributed by atoms with Crippen LogP contribution in [0.25, 0.3) is 0 Å². The number of ether oxygens (including phenoxy) is 1. The largest absolute Gasteiger partial charge is 0.489 e. The van der Waals surface area contributed by atoms with Gasteiger partial charge >= 0.3 is 0 Å². The minimum absolute atomic E-state index is 0.431. The summed E-state index contributed by atoms with van der Waals surface area (Å²) >= 11 is 0. The fourth-order valence-electron chi connectivity index (χ4n) is 1.13. The van der Waals surface area contributed by atoms with Gasteiger partial charge in [0.05, 0.1) is 0 Å². The maximum Gasteiger partial charge on any atom is 0.125 e. The molecule has 0 fully saturated rings. The molecule has 0 bridgehead atoms. The van der Waals surface area contributed by atoms with Crippen molar-refractivity contribution >= 4 is 0 Å². The molecule has 0 spiro atoms. The van der Waals surface area contributed by atoms with Gasteiger partial charge in [-0.25, -0.2) is 0 Å².